The minimum atomic E-state index is 0.0305. The molecule has 1 fully saturated rings. The maximum atomic E-state index is 5.34. The molecule has 0 aromatic heterocycles. The van der Waals surface area contributed by atoms with Gasteiger partial charge in [-0.25, -0.2) is 0 Å². The third-order valence-electron chi connectivity index (χ3n) is 5.49. The molecule has 25 heavy (non-hydrogen) atoms. The van der Waals surface area contributed by atoms with Crippen LogP contribution >= 0.6 is 24.4 Å². The van der Waals surface area contributed by atoms with Crippen molar-refractivity contribution in [2.45, 2.75) is 35.7 Å². The first-order chi connectivity index (χ1) is 12.2. The van der Waals surface area contributed by atoms with Gasteiger partial charge in [0.1, 0.15) is 5.75 Å². The van der Waals surface area contributed by atoms with Crippen molar-refractivity contribution in [2.24, 2.45) is 5.92 Å². The van der Waals surface area contributed by atoms with Crippen molar-refractivity contribution in [3.05, 3.63) is 71.8 Å². The summed E-state index contributed by atoms with van der Waals surface area (Å²) in [7, 11) is 1.72. The first kappa shape index (κ1) is 17.1. The fraction of sp³-hybridized carbons (Fsp3) is 0.364. The van der Waals surface area contributed by atoms with Gasteiger partial charge in [0, 0.05) is 10.8 Å². The Hall–Kier alpha value is -1.32. The van der Waals surface area contributed by atoms with Gasteiger partial charge in [0.2, 0.25) is 0 Å². The molecule has 2 aromatic carbocycles. The minimum absolute atomic E-state index is 0.0305. The number of thioether (sulfide) groups is 1. The van der Waals surface area contributed by atoms with Crippen LogP contribution in [0.25, 0.3) is 4.91 Å². The molecule has 1 saturated carbocycles. The lowest BCUT2D eigenvalue weighted by molar-refractivity contribution is 0.322. The SMILES string of the molecule is COc1ccc([C@H]2C=C(c3ccccc3)S[C@@]3(S)CCCC[C@@H]23)cc1. The molecule has 2 aliphatic rings. The summed E-state index contributed by atoms with van der Waals surface area (Å²) in [6, 6.07) is 19.4. The molecule has 0 bridgehead atoms. The summed E-state index contributed by atoms with van der Waals surface area (Å²) in [5.74, 6) is 1.91. The number of hydrogen-bond donors (Lipinski definition) is 1. The van der Waals surface area contributed by atoms with E-state index in [9.17, 15) is 0 Å². The average molecular weight is 369 g/mol. The molecule has 0 unspecified atom stereocenters. The predicted molar refractivity (Wildman–Crippen MR) is 111 cm³/mol. The van der Waals surface area contributed by atoms with Crippen LogP contribution in [0.1, 0.15) is 42.7 Å². The molecule has 1 aliphatic carbocycles. The van der Waals surface area contributed by atoms with Crippen molar-refractivity contribution >= 4 is 29.3 Å². The first-order valence-corrected chi connectivity index (χ1v) is 10.3. The molecule has 1 heterocycles. The third kappa shape index (κ3) is 3.37. The number of benzene rings is 2. The fourth-order valence-electron chi connectivity index (χ4n) is 4.16. The van der Waals surface area contributed by atoms with Gasteiger partial charge in [-0.3, -0.25) is 0 Å². The topological polar surface area (TPSA) is 9.23 Å². The lowest BCUT2D eigenvalue weighted by Crippen LogP contribution is -2.38. The Kier molecular flexibility index (Phi) is 4.88. The second-order valence-corrected chi connectivity index (χ2v) is 9.47. The van der Waals surface area contributed by atoms with E-state index in [0.717, 1.165) is 5.75 Å². The minimum Gasteiger partial charge on any atom is -0.497 e. The van der Waals surface area contributed by atoms with E-state index in [1.165, 1.54) is 41.7 Å². The molecule has 0 spiro atoms. The van der Waals surface area contributed by atoms with Crippen LogP contribution < -0.4 is 4.74 Å². The maximum Gasteiger partial charge on any atom is 0.118 e. The van der Waals surface area contributed by atoms with E-state index in [-0.39, 0.29) is 4.08 Å². The van der Waals surface area contributed by atoms with Gasteiger partial charge in [-0.2, -0.15) is 12.6 Å². The monoisotopic (exact) mass is 368 g/mol. The van der Waals surface area contributed by atoms with E-state index in [1.54, 1.807) is 7.11 Å². The second-order valence-electron chi connectivity index (χ2n) is 7.00. The quantitative estimate of drug-likeness (QED) is 0.629. The second kappa shape index (κ2) is 7.13. The molecule has 130 valence electrons. The molecule has 3 heteroatoms. The average Bonchev–Trinajstić information content (AvgIpc) is 2.67. The normalized spacial score (nSPS) is 28.8. The summed E-state index contributed by atoms with van der Waals surface area (Å²) < 4.78 is 5.37. The molecule has 0 radical (unpaired) electrons. The molecule has 1 aliphatic heterocycles. The molecule has 4 rings (SSSR count). The summed E-state index contributed by atoms with van der Waals surface area (Å²) in [5, 5.41) is 0. The Bertz CT molecular complexity index is 753. The Morgan fingerprint density at radius 3 is 2.52 bits per heavy atom. The Labute approximate surface area is 160 Å². The highest BCUT2D eigenvalue weighted by atomic mass is 32.2. The van der Waals surface area contributed by atoms with Gasteiger partial charge >= 0.3 is 0 Å². The lowest BCUT2D eigenvalue weighted by Gasteiger charge is -2.47. The van der Waals surface area contributed by atoms with Gasteiger partial charge < -0.3 is 4.74 Å². The van der Waals surface area contributed by atoms with Crippen LogP contribution in [0.15, 0.2) is 60.7 Å². The van der Waals surface area contributed by atoms with E-state index in [1.807, 2.05) is 11.8 Å². The highest BCUT2D eigenvalue weighted by molar-refractivity contribution is 8.18. The molecule has 0 amide bonds. The first-order valence-electron chi connectivity index (χ1n) is 9.02. The molecular formula is C22H24OS2. The lowest BCUT2D eigenvalue weighted by atomic mass is 9.75. The molecule has 0 saturated heterocycles. The van der Waals surface area contributed by atoms with Crippen LogP contribution in [0, 0.1) is 5.92 Å². The highest BCUT2D eigenvalue weighted by Gasteiger charge is 2.46. The molecule has 3 atom stereocenters. The number of hydrogen-bond acceptors (Lipinski definition) is 3. The standard InChI is InChI=1S/C22H24OS2/c1-23-18-12-10-16(11-13-18)19-15-21(17-7-3-2-4-8-17)25-22(24)14-6-5-9-20(19)22/h2-4,7-8,10-13,15,19-20,24H,5-6,9,14H2,1H3/t19-,20+,22+/m1/s1. The van der Waals surface area contributed by atoms with E-state index in [0.29, 0.717) is 11.8 Å². The summed E-state index contributed by atoms with van der Waals surface area (Å²) in [6.45, 7) is 0. The van der Waals surface area contributed by atoms with Crippen LogP contribution in [-0.4, -0.2) is 11.2 Å². The number of thiol groups is 1. The van der Waals surface area contributed by atoms with Gasteiger partial charge in [-0.1, -0.05) is 61.4 Å². The molecule has 2 aromatic rings. The Morgan fingerprint density at radius 1 is 1.04 bits per heavy atom. The van der Waals surface area contributed by atoms with Crippen molar-refractivity contribution in [1.29, 1.82) is 0 Å². The van der Waals surface area contributed by atoms with E-state index < -0.39 is 0 Å². The number of fused-ring (bicyclic) bond motifs is 1. The maximum absolute atomic E-state index is 5.34. The zero-order valence-electron chi connectivity index (χ0n) is 14.5. The predicted octanol–water partition coefficient (Wildman–Crippen LogP) is 6.38. The van der Waals surface area contributed by atoms with Crippen molar-refractivity contribution < 1.29 is 4.74 Å². The van der Waals surface area contributed by atoms with E-state index in [2.05, 4.69) is 60.7 Å². The summed E-state index contributed by atoms with van der Waals surface area (Å²) in [6.07, 6.45) is 7.51. The number of rotatable bonds is 3. The van der Waals surface area contributed by atoms with E-state index in [4.69, 9.17) is 17.4 Å². The van der Waals surface area contributed by atoms with Crippen molar-refractivity contribution in [3.8, 4) is 5.75 Å². The van der Waals surface area contributed by atoms with Crippen molar-refractivity contribution in [2.75, 3.05) is 7.11 Å². The molecule has 0 N–H and O–H groups in total. The van der Waals surface area contributed by atoms with Crippen LogP contribution in [0.2, 0.25) is 0 Å². The van der Waals surface area contributed by atoms with E-state index >= 15 is 0 Å². The largest absolute Gasteiger partial charge is 0.497 e. The number of methoxy groups -OCH3 is 1. The van der Waals surface area contributed by atoms with Crippen molar-refractivity contribution in [3.63, 3.8) is 0 Å². The zero-order chi connectivity index (χ0) is 17.3. The summed E-state index contributed by atoms with van der Waals surface area (Å²) in [5.41, 5.74) is 2.68. The Morgan fingerprint density at radius 2 is 1.80 bits per heavy atom. The van der Waals surface area contributed by atoms with Crippen LogP contribution in [0.3, 0.4) is 0 Å². The van der Waals surface area contributed by atoms with Crippen LogP contribution in [0.4, 0.5) is 0 Å². The van der Waals surface area contributed by atoms with Gasteiger partial charge in [-0.15, -0.1) is 11.8 Å². The highest BCUT2D eigenvalue weighted by Crippen LogP contribution is 2.60. The molecular weight excluding hydrogens is 344 g/mol. The fourth-order valence-corrected chi connectivity index (χ4v) is 6.41. The summed E-state index contributed by atoms with van der Waals surface area (Å²) >= 11 is 7.21. The summed E-state index contributed by atoms with van der Waals surface area (Å²) in [4.78, 5) is 1.37. The van der Waals surface area contributed by atoms with Crippen molar-refractivity contribution in [1.82, 2.24) is 0 Å². The third-order valence-corrected chi connectivity index (χ3v) is 7.77. The number of allylic oxidation sites excluding steroid dienone is 1. The zero-order valence-corrected chi connectivity index (χ0v) is 16.2. The smallest absolute Gasteiger partial charge is 0.118 e. The van der Waals surface area contributed by atoms with Crippen LogP contribution in [0.5, 0.6) is 5.75 Å². The van der Waals surface area contributed by atoms with Gasteiger partial charge in [0.25, 0.3) is 0 Å². The van der Waals surface area contributed by atoms with Gasteiger partial charge in [-0.05, 0) is 42.0 Å². The van der Waals surface area contributed by atoms with Crippen LogP contribution in [-0.2, 0) is 0 Å². The molecule has 1 nitrogen and oxygen atoms in total. The van der Waals surface area contributed by atoms with Gasteiger partial charge in [0.05, 0.1) is 11.2 Å². The van der Waals surface area contributed by atoms with Gasteiger partial charge in [0.15, 0.2) is 0 Å². The Balaban J connectivity index is 1.77. The number of ether oxygens (including phenoxy) is 1.